The van der Waals surface area contributed by atoms with Gasteiger partial charge in [-0.2, -0.15) is 0 Å². The maximum Gasteiger partial charge on any atom is 1.00 e. The fraction of sp³-hybridized carbons (Fsp3) is 0.435. The van der Waals surface area contributed by atoms with Crippen LogP contribution in [0.25, 0.3) is 11.5 Å². The summed E-state index contributed by atoms with van der Waals surface area (Å²) in [7, 11) is 0. The largest absolute Gasteiger partial charge is 1.00 e. The molecule has 4 fully saturated rings. The first-order chi connectivity index (χ1) is 31.2. The number of anilines is 2. The van der Waals surface area contributed by atoms with E-state index in [1.807, 2.05) is 19.2 Å². The SMILES string of the molecule is C=C(O)c1cccc(NC(=O)[C@@H]2C[C@H](SC3=C(C(=O)O)N4C(=O)[C@H]([C@@H](C)O)[C@H]4[C@H]3C)CN2)c1.C=C(O)c1cccc(NC(=O)[C@@H]2C[C@H](SC3=C(C(=O)O)N4C(=O)[C@H]([C@@H](C)O)[C@H]4[C@H]3C)C[NH2+]2)c1.[Na+]. The summed E-state index contributed by atoms with van der Waals surface area (Å²) in [6, 6.07) is 12.0. The number of hydrogen-bond donors (Lipinski definition) is 10. The Balaban J connectivity index is 0.000000218. The molecule has 4 amide bonds. The van der Waals surface area contributed by atoms with E-state index in [9.17, 15) is 59.4 Å². The standard InChI is InChI=1S/2C23H27N3O6S.Na/c2*1-10-18-17(12(3)28)22(30)26(18)19(23(31)32)20(10)33-15-8-16(24-9-15)21(29)25-14-6-4-5-13(7-14)11(2)27;/h2*4-7,10,12,15-18,24,27-28H,2,8-9H2,1,3H3,(H,25,29)(H,31,32);/q;;+1/p+1/t2*10-,12-,15+,16+,17-,18-;/m11./s1. The first kappa shape index (κ1) is 51.7. The number of rotatable bonds is 14. The van der Waals surface area contributed by atoms with Gasteiger partial charge >= 0.3 is 41.5 Å². The van der Waals surface area contributed by atoms with Gasteiger partial charge in [0.05, 0.1) is 54.0 Å². The number of aliphatic hydroxyl groups is 4. The van der Waals surface area contributed by atoms with Crippen molar-refractivity contribution in [3.05, 3.63) is 94.0 Å². The van der Waals surface area contributed by atoms with Crippen LogP contribution in [0.1, 0.15) is 51.7 Å². The number of carbonyl (C=O) groups excluding carboxylic acids is 4. The van der Waals surface area contributed by atoms with Crippen LogP contribution in [0.5, 0.6) is 0 Å². The summed E-state index contributed by atoms with van der Waals surface area (Å²) in [4.78, 5) is 78.3. The molecule has 21 heteroatoms. The van der Waals surface area contributed by atoms with Crippen molar-refractivity contribution in [1.82, 2.24) is 15.1 Å². The number of nitrogens with two attached hydrogens (primary N) is 1. The molecule has 4 saturated heterocycles. The summed E-state index contributed by atoms with van der Waals surface area (Å²) in [5.41, 5.74) is 2.14. The molecule has 0 bridgehead atoms. The third-order valence-electron chi connectivity index (χ3n) is 13.1. The summed E-state index contributed by atoms with van der Waals surface area (Å²) < 4.78 is 0. The normalized spacial score (nSPS) is 29.0. The molecular formula is C46H55N6NaO12S2+2. The molecule has 6 heterocycles. The van der Waals surface area contributed by atoms with Gasteiger partial charge in [-0.3, -0.25) is 19.2 Å². The maximum atomic E-state index is 12.8. The third-order valence-corrected chi connectivity index (χ3v) is 16.1. The molecular weight excluding hydrogens is 916 g/mol. The second kappa shape index (κ2) is 20.9. The van der Waals surface area contributed by atoms with E-state index in [0.29, 0.717) is 58.2 Å². The average molecular weight is 971 g/mol. The number of β-lactam (4-membered cyclic amide) rings is 2. The molecule has 11 N–H and O–H groups in total. The fourth-order valence-electron chi connectivity index (χ4n) is 9.83. The van der Waals surface area contributed by atoms with E-state index in [1.165, 1.54) is 33.3 Å². The minimum atomic E-state index is -1.16. The van der Waals surface area contributed by atoms with Gasteiger partial charge < -0.3 is 61.7 Å². The number of carbonyl (C=O) groups is 6. The summed E-state index contributed by atoms with van der Waals surface area (Å²) in [6.45, 7) is 15.0. The molecule has 0 aromatic heterocycles. The van der Waals surface area contributed by atoms with Crippen molar-refractivity contribution in [2.45, 2.75) is 87.4 Å². The minimum absolute atomic E-state index is 0. The van der Waals surface area contributed by atoms with E-state index >= 15 is 0 Å². The van der Waals surface area contributed by atoms with Crippen LogP contribution in [0.2, 0.25) is 0 Å². The number of amides is 4. The Morgan fingerprint density at radius 1 is 0.731 bits per heavy atom. The van der Waals surface area contributed by atoms with E-state index in [1.54, 1.807) is 62.4 Å². The summed E-state index contributed by atoms with van der Waals surface area (Å²) in [5, 5.41) is 69.4. The number of hydrogen-bond acceptors (Lipinski definition) is 13. The summed E-state index contributed by atoms with van der Waals surface area (Å²) >= 11 is 2.82. The Morgan fingerprint density at radius 2 is 1.18 bits per heavy atom. The van der Waals surface area contributed by atoms with Crippen LogP contribution in [-0.2, 0) is 28.8 Å². The van der Waals surface area contributed by atoms with Crippen LogP contribution >= 0.6 is 23.5 Å². The van der Waals surface area contributed by atoms with Crippen molar-refractivity contribution in [2.24, 2.45) is 23.7 Å². The number of nitrogens with one attached hydrogen (secondary N) is 3. The van der Waals surface area contributed by atoms with Gasteiger partial charge in [0.15, 0.2) is 6.04 Å². The van der Waals surface area contributed by atoms with Crippen LogP contribution in [0.3, 0.4) is 0 Å². The van der Waals surface area contributed by atoms with Gasteiger partial charge in [-0.25, -0.2) is 9.59 Å². The Hall–Kier alpha value is -4.64. The number of carboxylic acids is 2. The average Bonchev–Trinajstić information content (AvgIpc) is 4.02. The number of quaternary nitrogens is 1. The van der Waals surface area contributed by atoms with E-state index in [2.05, 4.69) is 29.1 Å². The molecule has 6 aliphatic rings. The van der Waals surface area contributed by atoms with Gasteiger partial charge in [0.25, 0.3) is 5.91 Å². The molecule has 2 aromatic rings. The van der Waals surface area contributed by atoms with Crippen molar-refractivity contribution < 1.29 is 94.3 Å². The Morgan fingerprint density at radius 3 is 1.61 bits per heavy atom. The molecule has 8 rings (SSSR count). The van der Waals surface area contributed by atoms with Gasteiger partial charge in [-0.1, -0.05) is 51.3 Å². The zero-order valence-corrected chi connectivity index (χ0v) is 41.3. The fourth-order valence-corrected chi connectivity index (χ4v) is 12.8. The number of aliphatic hydroxyl groups excluding tert-OH is 4. The van der Waals surface area contributed by atoms with Crippen LogP contribution in [-0.4, -0.2) is 136 Å². The van der Waals surface area contributed by atoms with Gasteiger partial charge in [0.1, 0.15) is 22.9 Å². The van der Waals surface area contributed by atoms with E-state index in [-0.39, 0.29) is 117 Å². The molecule has 2 aromatic carbocycles. The van der Waals surface area contributed by atoms with Crippen molar-refractivity contribution in [2.75, 3.05) is 23.7 Å². The van der Waals surface area contributed by atoms with Crippen LogP contribution in [0.15, 0.2) is 82.9 Å². The third kappa shape index (κ3) is 10.2. The van der Waals surface area contributed by atoms with E-state index in [4.69, 9.17) is 0 Å². The summed E-state index contributed by atoms with van der Waals surface area (Å²) in [5.74, 6) is -5.16. The second-order valence-corrected chi connectivity index (χ2v) is 20.3. The van der Waals surface area contributed by atoms with Crippen LogP contribution < -0.4 is 50.8 Å². The van der Waals surface area contributed by atoms with Crippen molar-refractivity contribution in [1.29, 1.82) is 0 Å². The van der Waals surface area contributed by atoms with Gasteiger partial charge in [-0.05, 0) is 44.5 Å². The Bertz CT molecular complexity index is 2280. The molecule has 12 atom stereocenters. The van der Waals surface area contributed by atoms with Crippen molar-refractivity contribution >= 4 is 82.0 Å². The molecule has 0 aliphatic carbocycles. The molecule has 6 aliphatic heterocycles. The first-order valence-electron chi connectivity index (χ1n) is 21.7. The molecule has 67 heavy (non-hydrogen) atoms. The topological polar surface area (TPSA) is 283 Å². The molecule has 0 unspecified atom stereocenters. The quantitative estimate of drug-likeness (QED) is 0.0651. The van der Waals surface area contributed by atoms with Crippen molar-refractivity contribution in [3.63, 3.8) is 0 Å². The predicted octanol–water partition coefficient (Wildman–Crippen LogP) is -0.480. The van der Waals surface area contributed by atoms with Gasteiger partial charge in [0, 0.05) is 62.4 Å². The minimum Gasteiger partial charge on any atom is -0.508 e. The van der Waals surface area contributed by atoms with E-state index < -0.39 is 42.0 Å². The number of fused-ring (bicyclic) bond motifs is 2. The van der Waals surface area contributed by atoms with E-state index in [0.717, 1.165) is 0 Å². The Kier molecular flexibility index (Phi) is 16.2. The predicted molar refractivity (Wildman–Crippen MR) is 247 cm³/mol. The second-order valence-electron chi connectivity index (χ2n) is 17.6. The molecule has 0 radical (unpaired) electrons. The molecule has 0 spiro atoms. The molecule has 18 nitrogen and oxygen atoms in total. The number of nitrogens with zero attached hydrogens (tertiary/aromatic N) is 2. The van der Waals surface area contributed by atoms with Crippen LogP contribution in [0.4, 0.5) is 11.4 Å². The van der Waals surface area contributed by atoms with Crippen LogP contribution in [0, 0.1) is 23.7 Å². The zero-order valence-electron chi connectivity index (χ0n) is 37.7. The number of carboxylic acid groups (broad SMARTS) is 2. The molecule has 0 saturated carbocycles. The smallest absolute Gasteiger partial charge is 0.508 e. The first-order valence-corrected chi connectivity index (χ1v) is 23.4. The van der Waals surface area contributed by atoms with Gasteiger partial charge in [-0.15, -0.1) is 23.5 Å². The number of aliphatic carboxylic acids is 2. The van der Waals surface area contributed by atoms with Gasteiger partial charge in [0.2, 0.25) is 17.7 Å². The van der Waals surface area contributed by atoms with Crippen molar-refractivity contribution in [3.8, 4) is 0 Å². The number of thioether (sulfide) groups is 2. The summed E-state index contributed by atoms with van der Waals surface area (Å²) in [6.07, 6.45) is -0.645. The Labute approximate surface area is 417 Å². The zero-order chi connectivity index (χ0) is 48.0. The monoisotopic (exact) mass is 970 g/mol. The maximum absolute atomic E-state index is 12.8. The number of benzene rings is 2. The molecule has 352 valence electrons.